The number of aliphatic hydroxyl groups excluding tert-OH is 1. The molecule has 0 aliphatic carbocycles. The second-order valence-electron chi connectivity index (χ2n) is 3.71. The monoisotopic (exact) mass is 234 g/mol. The first-order chi connectivity index (χ1) is 8.27. The maximum absolute atomic E-state index is 11.0. The molecule has 1 aromatic carbocycles. The first-order valence-electron chi connectivity index (χ1n) is 5.70. The van der Waals surface area contributed by atoms with Gasteiger partial charge in [-0.25, -0.2) is 0 Å². The van der Waals surface area contributed by atoms with E-state index in [-0.39, 0.29) is 19.0 Å². The molecule has 1 rings (SSSR count). The van der Waals surface area contributed by atoms with Crippen molar-refractivity contribution in [3.63, 3.8) is 0 Å². The van der Waals surface area contributed by atoms with Crippen LogP contribution in [-0.2, 0) is 16.0 Å². The van der Waals surface area contributed by atoms with E-state index in [0.29, 0.717) is 0 Å². The van der Waals surface area contributed by atoms with Gasteiger partial charge in [-0.2, -0.15) is 0 Å². The normalized spacial score (nSPS) is 10.7. The molecule has 0 aliphatic rings. The molecule has 0 saturated carbocycles. The van der Waals surface area contributed by atoms with Gasteiger partial charge in [-0.3, -0.25) is 4.79 Å². The van der Waals surface area contributed by atoms with Gasteiger partial charge in [0.25, 0.3) is 0 Å². The van der Waals surface area contributed by atoms with Crippen molar-refractivity contribution in [3.8, 4) is 0 Å². The molecule has 1 aromatic rings. The lowest BCUT2D eigenvalue weighted by atomic mass is 10.0. The van der Waals surface area contributed by atoms with Crippen LogP contribution in [0.1, 0.15) is 24.0 Å². The number of rotatable bonds is 6. The lowest BCUT2D eigenvalue weighted by Crippen LogP contribution is -1.97. The Morgan fingerprint density at radius 3 is 2.88 bits per heavy atom. The van der Waals surface area contributed by atoms with Crippen molar-refractivity contribution in [3.05, 3.63) is 41.5 Å². The fourth-order valence-electron chi connectivity index (χ4n) is 1.56. The van der Waals surface area contributed by atoms with Crippen LogP contribution in [0.15, 0.2) is 30.3 Å². The van der Waals surface area contributed by atoms with Crippen molar-refractivity contribution in [1.29, 1.82) is 0 Å². The molecule has 0 spiro atoms. The zero-order valence-corrected chi connectivity index (χ0v) is 10.1. The molecule has 0 radical (unpaired) electrons. The summed E-state index contributed by atoms with van der Waals surface area (Å²) >= 11 is 0. The third kappa shape index (κ3) is 4.83. The molecule has 17 heavy (non-hydrogen) atoms. The van der Waals surface area contributed by atoms with E-state index in [9.17, 15) is 4.79 Å². The van der Waals surface area contributed by atoms with Crippen LogP contribution < -0.4 is 0 Å². The smallest absolute Gasteiger partial charge is 0.309 e. The standard InChI is InChI=1S/C14H18O3/c1-17-14(16)10-4-8-12-6-2-3-7-13(12)9-5-11-15/h2-4,6-8,15H,5,9-11H2,1H3. The Morgan fingerprint density at radius 1 is 1.41 bits per heavy atom. The van der Waals surface area contributed by atoms with E-state index >= 15 is 0 Å². The van der Waals surface area contributed by atoms with Crippen LogP contribution in [0.2, 0.25) is 0 Å². The van der Waals surface area contributed by atoms with Crippen LogP contribution in [0.3, 0.4) is 0 Å². The minimum Gasteiger partial charge on any atom is -0.469 e. The van der Waals surface area contributed by atoms with Gasteiger partial charge in [0.15, 0.2) is 0 Å². The fraction of sp³-hybridized carbons (Fsp3) is 0.357. The van der Waals surface area contributed by atoms with Gasteiger partial charge < -0.3 is 9.84 Å². The fourth-order valence-corrected chi connectivity index (χ4v) is 1.56. The number of benzene rings is 1. The number of carbonyl (C=O) groups excluding carboxylic acids is 1. The Balaban J connectivity index is 2.65. The molecule has 1 N–H and O–H groups in total. The lowest BCUT2D eigenvalue weighted by Gasteiger charge is -2.04. The molecular weight excluding hydrogens is 216 g/mol. The molecule has 0 unspecified atom stereocenters. The van der Waals surface area contributed by atoms with Crippen molar-refractivity contribution < 1.29 is 14.6 Å². The Labute approximate surface area is 102 Å². The second kappa shape index (κ2) is 7.63. The minimum absolute atomic E-state index is 0.195. The molecule has 0 amide bonds. The molecule has 0 bridgehead atoms. The molecule has 92 valence electrons. The van der Waals surface area contributed by atoms with E-state index in [1.807, 2.05) is 30.3 Å². The summed E-state index contributed by atoms with van der Waals surface area (Å²) in [5, 5.41) is 8.82. The van der Waals surface area contributed by atoms with Gasteiger partial charge in [0.05, 0.1) is 13.5 Å². The van der Waals surface area contributed by atoms with Crippen LogP contribution in [0, 0.1) is 0 Å². The van der Waals surface area contributed by atoms with Crippen LogP contribution in [0.5, 0.6) is 0 Å². The maximum atomic E-state index is 11.0. The Bertz CT molecular complexity index is 383. The highest BCUT2D eigenvalue weighted by atomic mass is 16.5. The summed E-state index contributed by atoms with van der Waals surface area (Å²) in [4.78, 5) is 11.0. The van der Waals surface area contributed by atoms with Gasteiger partial charge in [0.1, 0.15) is 0 Å². The zero-order chi connectivity index (χ0) is 12.5. The summed E-state index contributed by atoms with van der Waals surface area (Å²) in [6.07, 6.45) is 5.59. The summed E-state index contributed by atoms with van der Waals surface area (Å²) in [5.41, 5.74) is 2.27. The number of hydrogen-bond donors (Lipinski definition) is 1. The van der Waals surface area contributed by atoms with E-state index in [1.165, 1.54) is 12.7 Å². The van der Waals surface area contributed by atoms with Gasteiger partial charge in [-0.1, -0.05) is 36.4 Å². The van der Waals surface area contributed by atoms with Gasteiger partial charge in [0.2, 0.25) is 0 Å². The number of methoxy groups -OCH3 is 1. The molecular formula is C14H18O3. The van der Waals surface area contributed by atoms with Gasteiger partial charge in [0, 0.05) is 6.61 Å². The SMILES string of the molecule is COC(=O)CC=Cc1ccccc1CCCO. The highest BCUT2D eigenvalue weighted by Crippen LogP contribution is 2.13. The highest BCUT2D eigenvalue weighted by molar-refractivity contribution is 5.72. The van der Waals surface area contributed by atoms with Crippen molar-refractivity contribution >= 4 is 12.0 Å². The third-order valence-corrected chi connectivity index (χ3v) is 2.47. The summed E-state index contributed by atoms with van der Waals surface area (Å²) in [6.45, 7) is 0.195. The van der Waals surface area contributed by atoms with Crippen LogP contribution >= 0.6 is 0 Å². The van der Waals surface area contributed by atoms with E-state index in [0.717, 1.165) is 18.4 Å². The number of hydrogen-bond acceptors (Lipinski definition) is 3. The quantitative estimate of drug-likeness (QED) is 0.767. The summed E-state index contributed by atoms with van der Waals surface area (Å²) in [7, 11) is 1.38. The number of aryl methyl sites for hydroxylation is 1. The largest absolute Gasteiger partial charge is 0.469 e. The second-order valence-corrected chi connectivity index (χ2v) is 3.71. The van der Waals surface area contributed by atoms with Gasteiger partial charge in [-0.15, -0.1) is 0 Å². The van der Waals surface area contributed by atoms with E-state index in [1.54, 1.807) is 6.08 Å². The zero-order valence-electron chi connectivity index (χ0n) is 10.1. The average Bonchev–Trinajstić information content (AvgIpc) is 2.37. The average molecular weight is 234 g/mol. The Hall–Kier alpha value is -1.61. The van der Waals surface area contributed by atoms with E-state index in [4.69, 9.17) is 5.11 Å². The van der Waals surface area contributed by atoms with Gasteiger partial charge >= 0.3 is 5.97 Å². The van der Waals surface area contributed by atoms with Crippen molar-refractivity contribution in [2.24, 2.45) is 0 Å². The predicted molar refractivity (Wildman–Crippen MR) is 67.5 cm³/mol. The molecule has 0 aromatic heterocycles. The van der Waals surface area contributed by atoms with E-state index < -0.39 is 0 Å². The Kier molecular flexibility index (Phi) is 6.04. The molecule has 0 saturated heterocycles. The van der Waals surface area contributed by atoms with Crippen molar-refractivity contribution in [2.75, 3.05) is 13.7 Å². The number of carbonyl (C=O) groups is 1. The van der Waals surface area contributed by atoms with Crippen LogP contribution in [-0.4, -0.2) is 24.8 Å². The molecule has 3 heteroatoms. The summed E-state index contributed by atoms with van der Waals surface area (Å²) in [6, 6.07) is 7.97. The number of aliphatic hydroxyl groups is 1. The molecule has 3 nitrogen and oxygen atoms in total. The first-order valence-corrected chi connectivity index (χ1v) is 5.70. The topological polar surface area (TPSA) is 46.5 Å². The molecule has 0 heterocycles. The van der Waals surface area contributed by atoms with Crippen LogP contribution in [0.4, 0.5) is 0 Å². The molecule has 0 aliphatic heterocycles. The molecule has 0 atom stereocenters. The van der Waals surface area contributed by atoms with Crippen LogP contribution in [0.25, 0.3) is 6.08 Å². The third-order valence-electron chi connectivity index (χ3n) is 2.47. The van der Waals surface area contributed by atoms with Crippen molar-refractivity contribution in [2.45, 2.75) is 19.3 Å². The number of ether oxygens (including phenoxy) is 1. The number of esters is 1. The Morgan fingerprint density at radius 2 is 2.18 bits per heavy atom. The summed E-state index contributed by atoms with van der Waals surface area (Å²) < 4.78 is 4.56. The highest BCUT2D eigenvalue weighted by Gasteiger charge is 1.99. The lowest BCUT2D eigenvalue weighted by molar-refractivity contribution is -0.139. The predicted octanol–water partition coefficient (Wildman–Crippen LogP) is 2.19. The summed E-state index contributed by atoms with van der Waals surface area (Å²) in [5.74, 6) is -0.242. The molecule has 0 fully saturated rings. The minimum atomic E-state index is -0.242. The maximum Gasteiger partial charge on any atom is 0.309 e. The first kappa shape index (κ1) is 13.5. The van der Waals surface area contributed by atoms with E-state index in [2.05, 4.69) is 4.74 Å². The van der Waals surface area contributed by atoms with Gasteiger partial charge in [-0.05, 0) is 24.0 Å². The van der Waals surface area contributed by atoms with Crippen molar-refractivity contribution in [1.82, 2.24) is 0 Å².